The lowest BCUT2D eigenvalue weighted by molar-refractivity contribution is -0.122. The van der Waals surface area contributed by atoms with Crippen molar-refractivity contribution in [2.45, 2.75) is 45.6 Å². The molecular formula is C23H33N5O2. The number of nitrogens with one attached hydrogen (secondary N) is 2. The van der Waals surface area contributed by atoms with Gasteiger partial charge in [0.15, 0.2) is 0 Å². The summed E-state index contributed by atoms with van der Waals surface area (Å²) in [5.41, 5.74) is 1.08. The minimum absolute atomic E-state index is 0.0169. The Morgan fingerprint density at radius 3 is 2.83 bits per heavy atom. The van der Waals surface area contributed by atoms with Gasteiger partial charge in [0.25, 0.3) is 0 Å². The van der Waals surface area contributed by atoms with Gasteiger partial charge in [0.1, 0.15) is 23.7 Å². The van der Waals surface area contributed by atoms with Crippen molar-refractivity contribution in [3.05, 3.63) is 42.2 Å². The predicted molar refractivity (Wildman–Crippen MR) is 120 cm³/mol. The van der Waals surface area contributed by atoms with Crippen LogP contribution >= 0.6 is 0 Å². The molecule has 1 aromatic heterocycles. The average Bonchev–Trinajstić information content (AvgIpc) is 2.78. The molecule has 7 nitrogen and oxygen atoms in total. The number of benzene rings is 1. The quantitative estimate of drug-likeness (QED) is 0.654. The first-order valence-corrected chi connectivity index (χ1v) is 10.8. The second-order valence-electron chi connectivity index (χ2n) is 7.85. The highest BCUT2D eigenvalue weighted by molar-refractivity contribution is 5.76. The molecule has 2 heterocycles. The van der Waals surface area contributed by atoms with Gasteiger partial charge in [-0.1, -0.05) is 12.1 Å². The van der Waals surface area contributed by atoms with E-state index in [2.05, 4.69) is 32.4 Å². The van der Waals surface area contributed by atoms with Crippen LogP contribution in [0.3, 0.4) is 0 Å². The molecule has 1 fully saturated rings. The van der Waals surface area contributed by atoms with E-state index < -0.39 is 0 Å². The van der Waals surface area contributed by atoms with E-state index in [0.29, 0.717) is 12.3 Å². The summed E-state index contributed by atoms with van der Waals surface area (Å²) in [4.78, 5) is 23.5. The van der Waals surface area contributed by atoms with Crippen molar-refractivity contribution in [3.8, 4) is 5.75 Å². The van der Waals surface area contributed by atoms with Crippen molar-refractivity contribution < 1.29 is 9.53 Å². The topological polar surface area (TPSA) is 79.4 Å². The summed E-state index contributed by atoms with van der Waals surface area (Å²) < 4.78 is 5.19. The SMILES string of the molecule is CCNc1cc(N2CCC[C@@H](CCC(=O)N[C@@H](C)c3ccc(OC)cc3)C2)ncn1. The summed E-state index contributed by atoms with van der Waals surface area (Å²) >= 11 is 0. The number of ether oxygens (including phenoxy) is 1. The molecule has 2 N–H and O–H groups in total. The molecule has 2 atom stereocenters. The highest BCUT2D eigenvalue weighted by Crippen LogP contribution is 2.26. The van der Waals surface area contributed by atoms with Crippen LogP contribution in [0.5, 0.6) is 5.75 Å². The van der Waals surface area contributed by atoms with Crippen molar-refractivity contribution in [1.82, 2.24) is 15.3 Å². The average molecular weight is 412 g/mol. The largest absolute Gasteiger partial charge is 0.497 e. The number of hydrogen-bond acceptors (Lipinski definition) is 6. The van der Waals surface area contributed by atoms with Crippen molar-refractivity contribution in [2.24, 2.45) is 5.92 Å². The standard InChI is InChI=1S/C23H33N5O2/c1-4-24-21-14-22(26-16-25-21)28-13-5-6-18(15-28)7-12-23(29)27-17(2)19-8-10-20(30-3)11-9-19/h8-11,14,16-18H,4-7,12-13,15H2,1-3H3,(H,27,29)(H,24,25,26)/t17-,18-/m0/s1. The number of carbonyl (C=O) groups is 1. The highest BCUT2D eigenvalue weighted by Gasteiger charge is 2.22. The van der Waals surface area contributed by atoms with Gasteiger partial charge in [-0.25, -0.2) is 9.97 Å². The number of nitrogens with zero attached hydrogens (tertiary/aromatic N) is 3. The van der Waals surface area contributed by atoms with Crippen LogP contribution in [-0.2, 0) is 4.79 Å². The smallest absolute Gasteiger partial charge is 0.220 e. The molecule has 1 aliphatic heterocycles. The van der Waals surface area contributed by atoms with E-state index in [1.807, 2.05) is 37.3 Å². The van der Waals surface area contributed by atoms with Gasteiger partial charge < -0.3 is 20.3 Å². The molecule has 0 saturated carbocycles. The zero-order valence-electron chi connectivity index (χ0n) is 18.2. The molecule has 0 spiro atoms. The molecular weight excluding hydrogens is 378 g/mol. The number of methoxy groups -OCH3 is 1. The summed E-state index contributed by atoms with van der Waals surface area (Å²) in [6.07, 6.45) is 5.33. The summed E-state index contributed by atoms with van der Waals surface area (Å²) in [6.45, 7) is 6.84. The maximum Gasteiger partial charge on any atom is 0.220 e. The lowest BCUT2D eigenvalue weighted by Crippen LogP contribution is -2.36. The monoisotopic (exact) mass is 411 g/mol. The van der Waals surface area contributed by atoms with E-state index in [0.717, 1.165) is 61.8 Å². The predicted octanol–water partition coefficient (Wildman–Crippen LogP) is 3.79. The molecule has 1 aromatic carbocycles. The first-order valence-electron chi connectivity index (χ1n) is 10.8. The number of aromatic nitrogens is 2. The van der Waals surface area contributed by atoms with E-state index in [-0.39, 0.29) is 11.9 Å². The summed E-state index contributed by atoms with van der Waals surface area (Å²) in [6, 6.07) is 9.82. The third kappa shape index (κ3) is 6.08. The molecule has 3 rings (SSSR count). The normalized spacial score (nSPS) is 17.3. The van der Waals surface area contributed by atoms with Crippen LogP contribution < -0.4 is 20.3 Å². The fourth-order valence-corrected chi connectivity index (χ4v) is 3.93. The van der Waals surface area contributed by atoms with Crippen LogP contribution in [0.4, 0.5) is 11.6 Å². The maximum atomic E-state index is 12.5. The first-order chi connectivity index (χ1) is 14.6. The van der Waals surface area contributed by atoms with Gasteiger partial charge in [-0.2, -0.15) is 0 Å². The van der Waals surface area contributed by atoms with Gasteiger partial charge in [-0.15, -0.1) is 0 Å². The summed E-state index contributed by atoms with van der Waals surface area (Å²) in [5, 5.41) is 6.35. The fourth-order valence-electron chi connectivity index (χ4n) is 3.93. The molecule has 7 heteroatoms. The Balaban J connectivity index is 1.47. The minimum Gasteiger partial charge on any atom is -0.497 e. The van der Waals surface area contributed by atoms with Crippen LogP contribution in [0.15, 0.2) is 36.7 Å². The highest BCUT2D eigenvalue weighted by atomic mass is 16.5. The Kier molecular flexibility index (Phi) is 7.88. The molecule has 1 amide bonds. The Morgan fingerprint density at radius 2 is 2.10 bits per heavy atom. The Morgan fingerprint density at radius 1 is 1.30 bits per heavy atom. The van der Waals surface area contributed by atoms with E-state index in [1.54, 1.807) is 13.4 Å². The Labute approximate surface area is 179 Å². The van der Waals surface area contributed by atoms with Gasteiger partial charge >= 0.3 is 0 Å². The lowest BCUT2D eigenvalue weighted by atomic mass is 9.93. The van der Waals surface area contributed by atoms with Crippen LogP contribution in [-0.4, -0.2) is 42.6 Å². The number of carbonyl (C=O) groups excluding carboxylic acids is 1. The van der Waals surface area contributed by atoms with Gasteiger partial charge in [0.05, 0.1) is 13.2 Å². The van der Waals surface area contributed by atoms with Gasteiger partial charge in [-0.3, -0.25) is 4.79 Å². The molecule has 30 heavy (non-hydrogen) atoms. The molecule has 0 unspecified atom stereocenters. The Bertz CT molecular complexity index is 811. The number of amides is 1. The molecule has 0 aliphatic carbocycles. The molecule has 162 valence electrons. The van der Waals surface area contributed by atoms with Gasteiger partial charge in [-0.05, 0) is 56.7 Å². The molecule has 2 aromatic rings. The number of rotatable bonds is 9. The van der Waals surface area contributed by atoms with Crippen molar-refractivity contribution in [3.63, 3.8) is 0 Å². The lowest BCUT2D eigenvalue weighted by Gasteiger charge is -2.33. The van der Waals surface area contributed by atoms with Crippen molar-refractivity contribution in [1.29, 1.82) is 0 Å². The fraction of sp³-hybridized carbons (Fsp3) is 0.522. The van der Waals surface area contributed by atoms with Crippen LogP contribution in [0.25, 0.3) is 0 Å². The summed E-state index contributed by atoms with van der Waals surface area (Å²) in [5.74, 6) is 3.24. The third-order valence-corrected chi connectivity index (χ3v) is 5.63. The van der Waals surface area contributed by atoms with Crippen LogP contribution in [0, 0.1) is 5.92 Å². The van der Waals surface area contributed by atoms with Crippen LogP contribution in [0.1, 0.15) is 51.1 Å². The van der Waals surface area contributed by atoms with Gasteiger partial charge in [0.2, 0.25) is 5.91 Å². The molecule has 1 aliphatic rings. The third-order valence-electron chi connectivity index (χ3n) is 5.63. The molecule has 0 bridgehead atoms. The van der Waals surface area contributed by atoms with E-state index in [1.165, 1.54) is 0 Å². The Hall–Kier alpha value is -2.83. The first kappa shape index (κ1) is 21.9. The minimum atomic E-state index is -0.0169. The van der Waals surface area contributed by atoms with Gasteiger partial charge in [0, 0.05) is 32.1 Å². The van der Waals surface area contributed by atoms with Crippen molar-refractivity contribution in [2.75, 3.05) is 37.0 Å². The second-order valence-corrected chi connectivity index (χ2v) is 7.85. The molecule has 0 radical (unpaired) electrons. The van der Waals surface area contributed by atoms with E-state index in [9.17, 15) is 4.79 Å². The van der Waals surface area contributed by atoms with E-state index in [4.69, 9.17) is 4.74 Å². The van der Waals surface area contributed by atoms with Crippen LogP contribution in [0.2, 0.25) is 0 Å². The second kappa shape index (κ2) is 10.8. The zero-order valence-corrected chi connectivity index (χ0v) is 18.2. The summed E-state index contributed by atoms with van der Waals surface area (Å²) in [7, 11) is 1.65. The van der Waals surface area contributed by atoms with E-state index >= 15 is 0 Å². The molecule has 1 saturated heterocycles. The number of piperidine rings is 1. The number of anilines is 2. The maximum absolute atomic E-state index is 12.5. The number of hydrogen-bond donors (Lipinski definition) is 2. The van der Waals surface area contributed by atoms with Crippen molar-refractivity contribution >= 4 is 17.5 Å². The zero-order chi connectivity index (χ0) is 21.3.